The highest BCUT2D eigenvalue weighted by Crippen LogP contribution is 2.36. The van der Waals surface area contributed by atoms with Crippen molar-refractivity contribution >= 4 is 87.7 Å². The van der Waals surface area contributed by atoms with Gasteiger partial charge in [0.25, 0.3) is 0 Å². The zero-order chi connectivity index (χ0) is 33.6. The highest BCUT2D eigenvalue weighted by atomic mass is 15.2. The average Bonchev–Trinajstić information content (AvgIpc) is 3.19. The summed E-state index contributed by atoms with van der Waals surface area (Å²) in [6, 6.07) is 56.6. The molecule has 0 unspecified atom stereocenters. The molecule has 11 aromatic rings. The zero-order valence-corrected chi connectivity index (χ0v) is 27.9. The number of hydrogen-bond acceptors (Lipinski definition) is 0. The van der Waals surface area contributed by atoms with Crippen LogP contribution in [0.15, 0.2) is 158 Å². The van der Waals surface area contributed by atoms with Crippen molar-refractivity contribution in [3.63, 3.8) is 0 Å². The molecule has 3 heterocycles. The summed E-state index contributed by atoms with van der Waals surface area (Å²) in [5, 5.41) is 9.48. The van der Waals surface area contributed by atoms with Crippen molar-refractivity contribution in [1.29, 1.82) is 0 Å². The van der Waals surface area contributed by atoms with E-state index in [0.29, 0.717) is 0 Å². The van der Waals surface area contributed by atoms with Gasteiger partial charge in [-0.1, -0.05) is 133 Å². The quantitative estimate of drug-likeness (QED) is 0.122. The van der Waals surface area contributed by atoms with Crippen LogP contribution in [0.4, 0.5) is 0 Å². The molecule has 51 heavy (non-hydrogen) atoms. The summed E-state index contributed by atoms with van der Waals surface area (Å²) in [6.45, 7) is 0. The summed E-state index contributed by atoms with van der Waals surface area (Å²) in [7, 11) is 2.15. The Morgan fingerprint density at radius 3 is 1.16 bits per heavy atom. The number of aromatic nitrogens is 6. The molecule has 3 N–H and O–H groups in total. The lowest BCUT2D eigenvalue weighted by Crippen LogP contribution is -2.14. The average molecular weight is 657 g/mol. The minimum absolute atomic E-state index is 0.951. The molecular weight excluding hydrogens is 625 g/mol. The van der Waals surface area contributed by atoms with E-state index in [-0.39, 0.29) is 0 Å². The lowest BCUT2D eigenvalue weighted by Gasteiger charge is -2.24. The van der Waals surface area contributed by atoms with Crippen LogP contribution in [0.25, 0.3) is 99.1 Å². The van der Waals surface area contributed by atoms with Gasteiger partial charge in [0.2, 0.25) is 0 Å². The Balaban J connectivity index is 1.41. The molecule has 0 fully saturated rings. The van der Waals surface area contributed by atoms with E-state index < -0.39 is 0 Å². The van der Waals surface area contributed by atoms with Gasteiger partial charge < -0.3 is 19.5 Å². The summed E-state index contributed by atoms with van der Waals surface area (Å²) in [5.41, 5.74) is 10.3. The Hall–Kier alpha value is -6.92. The van der Waals surface area contributed by atoms with Gasteiger partial charge in [-0.05, 0) is 45.8 Å². The van der Waals surface area contributed by atoms with Gasteiger partial charge in [0, 0.05) is 28.6 Å². The fourth-order valence-electron chi connectivity index (χ4n) is 8.21. The van der Waals surface area contributed by atoms with Gasteiger partial charge in [0.1, 0.15) is 0 Å². The molecule has 242 valence electrons. The van der Waals surface area contributed by atoms with Gasteiger partial charge in [0.05, 0.1) is 33.4 Å². The number of fused-ring (bicyclic) bond motifs is 10. The first kappa shape index (κ1) is 28.0. The summed E-state index contributed by atoms with van der Waals surface area (Å²) < 4.78 is 7.06. The largest absolute Gasteiger partial charge is 0.336 e. The van der Waals surface area contributed by atoms with Crippen molar-refractivity contribution in [2.24, 2.45) is 7.05 Å². The predicted octanol–water partition coefficient (Wildman–Crippen LogP) is 11.5. The monoisotopic (exact) mass is 656 g/mol. The first-order valence-corrected chi connectivity index (χ1v) is 17.4. The van der Waals surface area contributed by atoms with Gasteiger partial charge in [-0.15, -0.1) is 0 Å². The van der Waals surface area contributed by atoms with E-state index in [2.05, 4.69) is 193 Å². The lowest BCUT2D eigenvalue weighted by atomic mass is 10.1. The first-order valence-electron chi connectivity index (χ1n) is 17.4. The van der Waals surface area contributed by atoms with Crippen molar-refractivity contribution < 1.29 is 0 Å². The third-order valence-corrected chi connectivity index (χ3v) is 10.6. The van der Waals surface area contributed by atoms with Crippen LogP contribution in [0, 0.1) is 0 Å². The van der Waals surface area contributed by atoms with Crippen molar-refractivity contribution in [3.05, 3.63) is 158 Å². The number of H-pyrrole nitrogens is 3. The molecule has 6 nitrogen and oxygen atoms in total. The number of aryl methyl sites for hydroxylation is 1. The molecule has 0 atom stereocenters. The minimum Gasteiger partial charge on any atom is -0.336 e. The Kier molecular flexibility index (Phi) is 5.78. The Morgan fingerprint density at radius 1 is 0.333 bits per heavy atom. The molecule has 11 rings (SSSR count). The van der Waals surface area contributed by atoms with Crippen molar-refractivity contribution in [1.82, 2.24) is 28.7 Å². The molecule has 0 amide bonds. The molecule has 0 bridgehead atoms. The summed E-state index contributed by atoms with van der Waals surface area (Å²) in [5.74, 6) is 0. The maximum Gasteiger partial charge on any atom is 0.159 e. The molecule has 0 spiro atoms. The molecular formula is C45H32N6. The van der Waals surface area contributed by atoms with Crippen LogP contribution in [-0.2, 0) is 7.05 Å². The number of nitrogens with one attached hydrogen (secondary N) is 3. The number of benzene rings is 8. The molecule has 0 saturated heterocycles. The fraction of sp³-hybridized carbons (Fsp3) is 0.0222. The highest BCUT2D eigenvalue weighted by molar-refractivity contribution is 6.10. The molecule has 3 aromatic heterocycles. The number of nitrogens with zero attached hydrogens (tertiary/aromatic N) is 3. The standard InChI is InChI=1S/C45H32N6/c1-49-42-44(50(36-22-10-16-28-12-2-6-18-32(28)36)38-26-24-30-14-4-8-20-34(30)40(38)46-42)48-45-43(49)47-41-35-21-9-5-15-31(35)25-27-39(41)51(45)37-23-11-17-29-13-3-7-19-33(29)37/h2-27,46-48H,1H3. The van der Waals surface area contributed by atoms with E-state index in [1.54, 1.807) is 0 Å². The first-order chi connectivity index (χ1) is 25.2. The molecule has 0 saturated carbocycles. The number of hydrogen-bond donors (Lipinski definition) is 3. The topological polar surface area (TPSA) is 62.2 Å². The summed E-state index contributed by atoms with van der Waals surface area (Å²) >= 11 is 0. The van der Waals surface area contributed by atoms with E-state index in [1.807, 2.05) is 0 Å². The SMILES string of the molecule is Cn1c2[nH]c3c4ccccc4ccc3n(-c3cccc4ccccc34)c2[nH]c2c1[nH]c1c3ccccc3ccc1n2-c1cccc2ccccc12. The Bertz CT molecular complexity index is 3050. The third-order valence-electron chi connectivity index (χ3n) is 10.6. The van der Waals surface area contributed by atoms with Crippen LogP contribution < -0.4 is 0 Å². The maximum atomic E-state index is 4.04. The van der Waals surface area contributed by atoms with Gasteiger partial charge >= 0.3 is 0 Å². The van der Waals surface area contributed by atoms with Crippen LogP contribution in [-0.4, -0.2) is 28.7 Å². The van der Waals surface area contributed by atoms with Gasteiger partial charge in [-0.2, -0.15) is 0 Å². The second kappa shape index (κ2) is 10.5. The maximum absolute atomic E-state index is 4.04. The smallest absolute Gasteiger partial charge is 0.159 e. The Labute approximate surface area is 291 Å². The number of rotatable bonds is 2. The lowest BCUT2D eigenvalue weighted by molar-refractivity contribution is 0.926. The van der Waals surface area contributed by atoms with Crippen LogP contribution in [0.3, 0.4) is 0 Å². The summed E-state index contributed by atoms with van der Waals surface area (Å²) in [4.78, 5) is 11.9. The molecule has 0 aliphatic carbocycles. The highest BCUT2D eigenvalue weighted by Gasteiger charge is 2.20. The molecule has 6 heteroatoms. The van der Waals surface area contributed by atoms with E-state index in [0.717, 1.165) is 56.0 Å². The van der Waals surface area contributed by atoms with Crippen molar-refractivity contribution in [2.75, 3.05) is 0 Å². The van der Waals surface area contributed by atoms with Crippen LogP contribution in [0.5, 0.6) is 0 Å². The van der Waals surface area contributed by atoms with E-state index in [4.69, 9.17) is 0 Å². The molecule has 0 radical (unpaired) electrons. The van der Waals surface area contributed by atoms with E-state index in [9.17, 15) is 0 Å². The minimum atomic E-state index is 0.951. The van der Waals surface area contributed by atoms with Gasteiger partial charge in [0.15, 0.2) is 22.6 Å². The van der Waals surface area contributed by atoms with Crippen LogP contribution in [0.1, 0.15) is 0 Å². The fourth-order valence-corrected chi connectivity index (χ4v) is 8.21. The third kappa shape index (κ3) is 3.98. The van der Waals surface area contributed by atoms with Gasteiger partial charge in [-0.25, -0.2) is 0 Å². The second-order valence-electron chi connectivity index (χ2n) is 13.4. The number of aromatic amines is 3. The predicted molar refractivity (Wildman–Crippen MR) is 214 cm³/mol. The second-order valence-corrected chi connectivity index (χ2v) is 13.4. The summed E-state index contributed by atoms with van der Waals surface area (Å²) in [6.07, 6.45) is 0. The Morgan fingerprint density at radius 2 is 0.706 bits per heavy atom. The zero-order valence-electron chi connectivity index (χ0n) is 27.9. The van der Waals surface area contributed by atoms with Crippen LogP contribution >= 0.6 is 0 Å². The van der Waals surface area contributed by atoms with E-state index in [1.165, 1.54) is 43.1 Å². The van der Waals surface area contributed by atoms with Gasteiger partial charge in [-0.3, -0.25) is 9.13 Å². The van der Waals surface area contributed by atoms with Crippen molar-refractivity contribution in [2.45, 2.75) is 0 Å². The molecule has 8 aromatic carbocycles. The van der Waals surface area contributed by atoms with Crippen LogP contribution in [0.2, 0.25) is 0 Å². The van der Waals surface area contributed by atoms with E-state index >= 15 is 0 Å². The van der Waals surface area contributed by atoms with Crippen molar-refractivity contribution in [3.8, 4) is 11.4 Å². The normalized spacial score (nSPS) is 12.0. The molecule has 0 aliphatic heterocycles. The molecule has 0 aliphatic rings.